The second kappa shape index (κ2) is 11.6. The van der Waals surface area contributed by atoms with Crippen LogP contribution in [-0.4, -0.2) is 44.0 Å². The molecule has 1 amide bonds. The van der Waals surface area contributed by atoms with E-state index in [4.69, 9.17) is 4.42 Å². The number of furan rings is 1. The smallest absolute Gasteiger partial charge is 0.243 e. The van der Waals surface area contributed by atoms with E-state index in [-0.39, 0.29) is 42.5 Å². The topological polar surface area (TPSA) is 69.9 Å². The fourth-order valence-corrected chi connectivity index (χ4v) is 2.23. The number of aliphatic imine (C=N–C) groups is 1. The number of guanidine groups is 1. The van der Waals surface area contributed by atoms with E-state index >= 15 is 0 Å². The van der Waals surface area contributed by atoms with Crippen molar-refractivity contribution in [1.29, 1.82) is 0 Å². The molecule has 2 aromatic rings. The van der Waals surface area contributed by atoms with E-state index in [1.54, 1.807) is 20.4 Å². The van der Waals surface area contributed by atoms with Crippen LogP contribution in [0.4, 0.5) is 0 Å². The monoisotopic (exact) mass is 470 g/mol. The van der Waals surface area contributed by atoms with Crippen LogP contribution >= 0.6 is 24.0 Å². The van der Waals surface area contributed by atoms with Crippen molar-refractivity contribution in [2.24, 2.45) is 4.99 Å². The molecule has 7 heteroatoms. The zero-order valence-corrected chi connectivity index (χ0v) is 17.8. The third-order valence-electron chi connectivity index (χ3n) is 3.77. The van der Waals surface area contributed by atoms with Crippen LogP contribution < -0.4 is 10.6 Å². The van der Waals surface area contributed by atoms with Gasteiger partial charge in [0, 0.05) is 27.1 Å². The Kier molecular flexibility index (Phi) is 9.79. The van der Waals surface area contributed by atoms with Crippen LogP contribution in [0.3, 0.4) is 0 Å². The van der Waals surface area contributed by atoms with E-state index in [1.807, 2.05) is 30.3 Å². The summed E-state index contributed by atoms with van der Waals surface area (Å²) in [7, 11) is 3.45. The molecule has 2 rings (SSSR count). The molecule has 0 saturated heterocycles. The number of carbonyl (C=O) groups is 1. The van der Waals surface area contributed by atoms with Crippen LogP contribution in [0.25, 0.3) is 0 Å². The average molecular weight is 470 g/mol. The lowest BCUT2D eigenvalue weighted by Gasteiger charge is -2.19. The van der Waals surface area contributed by atoms with E-state index in [9.17, 15) is 4.79 Å². The number of nitrogens with one attached hydrogen (secondary N) is 2. The van der Waals surface area contributed by atoms with Gasteiger partial charge in [-0.3, -0.25) is 4.79 Å². The Morgan fingerprint density at radius 3 is 2.54 bits per heavy atom. The van der Waals surface area contributed by atoms with Gasteiger partial charge in [-0.2, -0.15) is 0 Å². The molecule has 0 bridgehead atoms. The predicted octanol–water partition coefficient (Wildman–Crippen LogP) is 2.82. The van der Waals surface area contributed by atoms with Crippen LogP contribution in [0.2, 0.25) is 0 Å². The minimum atomic E-state index is -0.0421. The van der Waals surface area contributed by atoms with Crippen molar-refractivity contribution >= 4 is 35.8 Å². The van der Waals surface area contributed by atoms with Crippen LogP contribution in [0, 0.1) is 0 Å². The molecular formula is C19H27IN4O2. The Hall–Kier alpha value is -2.03. The van der Waals surface area contributed by atoms with Gasteiger partial charge in [-0.25, -0.2) is 4.99 Å². The summed E-state index contributed by atoms with van der Waals surface area (Å²) in [6.45, 7) is 2.83. The van der Waals surface area contributed by atoms with E-state index in [1.165, 1.54) is 4.90 Å². The number of likely N-dealkylation sites (N-methyl/N-ethyl adjacent to an activating group) is 1. The second-order valence-electron chi connectivity index (χ2n) is 5.99. The molecule has 1 atom stereocenters. The Labute approximate surface area is 172 Å². The summed E-state index contributed by atoms with van der Waals surface area (Å²) >= 11 is 0. The molecule has 0 aliphatic heterocycles. The van der Waals surface area contributed by atoms with Gasteiger partial charge >= 0.3 is 0 Å². The lowest BCUT2D eigenvalue weighted by Crippen LogP contribution is -2.40. The maximum atomic E-state index is 11.8. The number of carbonyl (C=O) groups excluding carboxylic acids is 1. The van der Waals surface area contributed by atoms with Gasteiger partial charge < -0.3 is 20.0 Å². The van der Waals surface area contributed by atoms with Crippen molar-refractivity contribution < 1.29 is 9.21 Å². The zero-order chi connectivity index (χ0) is 18.1. The molecule has 1 aromatic carbocycles. The average Bonchev–Trinajstić information content (AvgIpc) is 3.13. The summed E-state index contributed by atoms with van der Waals surface area (Å²) in [6.07, 6.45) is 2.41. The van der Waals surface area contributed by atoms with Gasteiger partial charge in [0.25, 0.3) is 0 Å². The summed E-state index contributed by atoms with van der Waals surface area (Å²) in [5.74, 6) is 1.48. The lowest BCUT2D eigenvalue weighted by atomic mass is 10.1. The standard InChI is InChI=1S/C19H26N4O2.HI/c1-15(16-8-5-4-6-9-16)22-19(21-14-18(24)23(2)3)20-12-11-17-10-7-13-25-17;/h4-10,13,15H,11-12,14H2,1-3H3,(H2,20,21,22);1H. The zero-order valence-electron chi connectivity index (χ0n) is 15.4. The molecule has 26 heavy (non-hydrogen) atoms. The van der Waals surface area contributed by atoms with Gasteiger partial charge in [0.05, 0.1) is 12.3 Å². The van der Waals surface area contributed by atoms with Gasteiger partial charge in [-0.05, 0) is 24.6 Å². The van der Waals surface area contributed by atoms with Crippen molar-refractivity contribution in [3.05, 3.63) is 60.1 Å². The number of benzene rings is 1. The van der Waals surface area contributed by atoms with E-state index in [0.717, 1.165) is 17.7 Å². The first kappa shape index (κ1) is 22.0. The Morgan fingerprint density at radius 1 is 1.19 bits per heavy atom. The molecule has 0 spiro atoms. The second-order valence-corrected chi connectivity index (χ2v) is 5.99. The molecule has 0 aliphatic carbocycles. The van der Waals surface area contributed by atoms with Gasteiger partial charge in [0.1, 0.15) is 12.3 Å². The first-order valence-corrected chi connectivity index (χ1v) is 8.38. The van der Waals surface area contributed by atoms with Gasteiger partial charge in [-0.1, -0.05) is 30.3 Å². The third kappa shape index (κ3) is 7.47. The van der Waals surface area contributed by atoms with Crippen molar-refractivity contribution in [1.82, 2.24) is 15.5 Å². The van der Waals surface area contributed by atoms with Crippen LogP contribution in [0.5, 0.6) is 0 Å². The highest BCUT2D eigenvalue weighted by Crippen LogP contribution is 2.10. The minimum absolute atomic E-state index is 0. The number of hydrogen-bond acceptors (Lipinski definition) is 3. The Balaban J connectivity index is 0.00000338. The van der Waals surface area contributed by atoms with E-state index < -0.39 is 0 Å². The molecule has 142 valence electrons. The molecule has 0 radical (unpaired) electrons. The van der Waals surface area contributed by atoms with Crippen LogP contribution in [0.1, 0.15) is 24.3 Å². The molecule has 0 aliphatic rings. The van der Waals surface area contributed by atoms with Crippen molar-refractivity contribution in [2.45, 2.75) is 19.4 Å². The highest BCUT2D eigenvalue weighted by Gasteiger charge is 2.09. The number of amides is 1. The predicted molar refractivity (Wildman–Crippen MR) is 115 cm³/mol. The SMILES string of the molecule is CC(NC(=NCC(=O)N(C)C)NCCc1ccco1)c1ccccc1.I. The summed E-state index contributed by atoms with van der Waals surface area (Å²) in [5, 5.41) is 6.61. The first-order chi connectivity index (χ1) is 12.1. The van der Waals surface area contributed by atoms with Crippen molar-refractivity contribution in [3.63, 3.8) is 0 Å². The maximum Gasteiger partial charge on any atom is 0.243 e. The normalized spacial score (nSPS) is 12.0. The third-order valence-corrected chi connectivity index (χ3v) is 3.77. The van der Waals surface area contributed by atoms with Crippen molar-refractivity contribution in [3.8, 4) is 0 Å². The number of halogens is 1. The molecule has 1 aromatic heterocycles. The fraction of sp³-hybridized carbons (Fsp3) is 0.368. The molecule has 2 N–H and O–H groups in total. The summed E-state index contributed by atoms with van der Waals surface area (Å²) in [6, 6.07) is 14.0. The molecule has 0 fully saturated rings. The molecular weight excluding hydrogens is 443 g/mol. The highest BCUT2D eigenvalue weighted by molar-refractivity contribution is 14.0. The van der Waals surface area contributed by atoms with Crippen LogP contribution in [-0.2, 0) is 11.2 Å². The van der Waals surface area contributed by atoms with Crippen LogP contribution in [0.15, 0.2) is 58.1 Å². The summed E-state index contributed by atoms with van der Waals surface area (Å²) in [4.78, 5) is 17.7. The van der Waals surface area contributed by atoms with E-state index in [0.29, 0.717) is 12.5 Å². The minimum Gasteiger partial charge on any atom is -0.469 e. The first-order valence-electron chi connectivity index (χ1n) is 8.38. The fourth-order valence-electron chi connectivity index (χ4n) is 2.23. The Morgan fingerprint density at radius 2 is 1.92 bits per heavy atom. The maximum absolute atomic E-state index is 11.8. The number of hydrogen-bond donors (Lipinski definition) is 2. The summed E-state index contributed by atoms with van der Waals surface area (Å²) < 4.78 is 5.33. The van der Waals surface area contributed by atoms with Gasteiger partial charge in [0.2, 0.25) is 5.91 Å². The molecule has 0 saturated carbocycles. The van der Waals surface area contributed by atoms with Crippen molar-refractivity contribution in [2.75, 3.05) is 27.2 Å². The van der Waals surface area contributed by atoms with Gasteiger partial charge in [-0.15, -0.1) is 24.0 Å². The molecule has 1 heterocycles. The largest absolute Gasteiger partial charge is 0.469 e. The lowest BCUT2D eigenvalue weighted by molar-refractivity contribution is -0.127. The Bertz CT molecular complexity index is 672. The molecule has 1 unspecified atom stereocenters. The van der Waals surface area contributed by atoms with E-state index in [2.05, 4.69) is 34.7 Å². The number of nitrogens with zero attached hydrogens (tertiary/aromatic N) is 2. The molecule has 6 nitrogen and oxygen atoms in total. The number of rotatable bonds is 7. The highest BCUT2D eigenvalue weighted by atomic mass is 127. The summed E-state index contributed by atoms with van der Waals surface area (Å²) in [5.41, 5.74) is 1.15. The quantitative estimate of drug-likeness (QED) is 0.371. The van der Waals surface area contributed by atoms with Gasteiger partial charge in [0.15, 0.2) is 5.96 Å².